The lowest BCUT2D eigenvalue weighted by atomic mass is 9.93. The smallest absolute Gasteiger partial charge is 0.231 e. The van der Waals surface area contributed by atoms with Gasteiger partial charge in [0.1, 0.15) is 18.8 Å². The molecule has 0 saturated carbocycles. The monoisotopic (exact) mass is 594 g/mol. The summed E-state index contributed by atoms with van der Waals surface area (Å²) < 4.78 is 27.6. The molecule has 11 heteroatoms. The summed E-state index contributed by atoms with van der Waals surface area (Å²) in [6.07, 6.45) is 5.40. The number of anilines is 4. The predicted octanol–water partition coefficient (Wildman–Crippen LogP) is 5.39. The molecule has 1 aromatic heterocycles. The van der Waals surface area contributed by atoms with Crippen LogP contribution < -0.4 is 29.2 Å². The van der Waals surface area contributed by atoms with Gasteiger partial charge in [0, 0.05) is 59.4 Å². The fourth-order valence-electron chi connectivity index (χ4n) is 5.14. The van der Waals surface area contributed by atoms with E-state index in [1.165, 1.54) is 24.6 Å². The van der Waals surface area contributed by atoms with Crippen LogP contribution in [0.2, 0.25) is 0 Å². The third kappa shape index (κ3) is 5.64. The van der Waals surface area contributed by atoms with Crippen molar-refractivity contribution in [3.8, 4) is 23.0 Å². The van der Waals surface area contributed by atoms with Crippen LogP contribution in [0.4, 0.5) is 22.9 Å². The number of allylic oxidation sites excluding steroid dienone is 4. The number of hydrogen-bond acceptors (Lipinski definition) is 11. The Bertz CT molecular complexity index is 1820. The van der Waals surface area contributed by atoms with E-state index in [1.807, 2.05) is 54.3 Å². The minimum absolute atomic E-state index is 0.165. The number of nitrogens with zero attached hydrogens (tertiary/aromatic N) is 3. The summed E-state index contributed by atoms with van der Waals surface area (Å²) in [4.78, 5) is 36.5. The molecule has 0 bridgehead atoms. The maximum atomic E-state index is 13.1. The highest BCUT2D eigenvalue weighted by atomic mass is 16.7. The van der Waals surface area contributed by atoms with Crippen LogP contribution in [0.5, 0.6) is 23.0 Å². The number of fused-ring (bicyclic) bond motifs is 2. The van der Waals surface area contributed by atoms with Crippen molar-refractivity contribution in [1.82, 2.24) is 9.97 Å². The Morgan fingerprint density at radius 1 is 0.932 bits per heavy atom. The maximum absolute atomic E-state index is 13.1. The Kier molecular flexibility index (Phi) is 8.11. The molecule has 224 valence electrons. The molecule has 0 spiro atoms. The summed E-state index contributed by atoms with van der Waals surface area (Å²) in [7, 11) is 3.17. The summed E-state index contributed by atoms with van der Waals surface area (Å²) >= 11 is 0. The van der Waals surface area contributed by atoms with Crippen molar-refractivity contribution in [2.75, 3.05) is 51.0 Å². The van der Waals surface area contributed by atoms with E-state index in [9.17, 15) is 9.59 Å². The molecule has 2 aliphatic rings. The minimum Gasteiger partial charge on any atom is -0.493 e. The molecule has 44 heavy (non-hydrogen) atoms. The predicted molar refractivity (Wildman–Crippen MR) is 166 cm³/mol. The van der Waals surface area contributed by atoms with Crippen molar-refractivity contribution in [2.24, 2.45) is 0 Å². The number of benzene rings is 3. The second-order valence-electron chi connectivity index (χ2n) is 9.88. The Hall–Kier alpha value is -5.42. The number of carbonyl (C=O) groups is 2. The maximum Gasteiger partial charge on any atom is 0.231 e. The Morgan fingerprint density at radius 2 is 1.80 bits per heavy atom. The molecule has 1 N–H and O–H groups in total. The third-order valence-corrected chi connectivity index (χ3v) is 7.24. The quantitative estimate of drug-likeness (QED) is 0.178. The highest BCUT2D eigenvalue weighted by Crippen LogP contribution is 2.41. The molecular weight excluding hydrogens is 564 g/mol. The number of aromatic nitrogens is 2. The average Bonchev–Trinajstić information content (AvgIpc) is 3.51. The Labute approximate surface area is 253 Å². The fraction of sp³-hybridized carbons (Fsp3) is 0.212. The van der Waals surface area contributed by atoms with Crippen molar-refractivity contribution in [3.63, 3.8) is 0 Å². The van der Waals surface area contributed by atoms with Crippen LogP contribution in [0.25, 0.3) is 16.5 Å². The lowest BCUT2D eigenvalue weighted by Gasteiger charge is -2.27. The summed E-state index contributed by atoms with van der Waals surface area (Å²) in [6.45, 7) is 3.54. The van der Waals surface area contributed by atoms with Gasteiger partial charge >= 0.3 is 0 Å². The fourth-order valence-corrected chi connectivity index (χ4v) is 5.14. The number of ketones is 2. The lowest BCUT2D eigenvalue weighted by Crippen LogP contribution is -2.19. The molecule has 11 nitrogen and oxygen atoms in total. The van der Waals surface area contributed by atoms with Crippen molar-refractivity contribution >= 4 is 50.9 Å². The highest BCUT2D eigenvalue weighted by Gasteiger charge is 2.24. The van der Waals surface area contributed by atoms with Gasteiger partial charge in [-0.1, -0.05) is 0 Å². The molecule has 3 aromatic carbocycles. The molecule has 0 fully saturated rings. The van der Waals surface area contributed by atoms with Gasteiger partial charge in [0.15, 0.2) is 34.6 Å². The summed E-state index contributed by atoms with van der Waals surface area (Å²) in [5.74, 6) is 2.39. The molecular formula is C33H30N4O7. The van der Waals surface area contributed by atoms with E-state index >= 15 is 0 Å². The van der Waals surface area contributed by atoms with Crippen molar-refractivity contribution in [2.45, 2.75) is 6.92 Å². The van der Waals surface area contributed by atoms with E-state index in [0.717, 1.165) is 11.4 Å². The Morgan fingerprint density at radius 3 is 2.61 bits per heavy atom. The standard InChI is InChI=1S/C33H30N4O7/c1-4-37(21-6-10-29-31(14-21)44-19-43-29)27-8-5-20(13-23(27)24-15-22(38)7-9-28(24)39)36-33-25-16-30(41-3)32(42-12-11-40-2)17-26(25)34-18-35-33/h5-10,13-18H,4,11-12,19H2,1-3H3,(H,34,35,36). The zero-order valence-electron chi connectivity index (χ0n) is 24.5. The van der Waals surface area contributed by atoms with Gasteiger partial charge < -0.3 is 33.9 Å². The first kappa shape index (κ1) is 28.7. The number of methoxy groups -OCH3 is 2. The third-order valence-electron chi connectivity index (χ3n) is 7.24. The number of ether oxygens (including phenoxy) is 5. The molecule has 0 unspecified atom stereocenters. The normalized spacial score (nSPS) is 13.7. The van der Waals surface area contributed by atoms with Gasteiger partial charge in [-0.05, 0) is 61.5 Å². The van der Waals surface area contributed by atoms with Crippen molar-refractivity contribution in [1.29, 1.82) is 0 Å². The number of rotatable bonds is 11. The van der Waals surface area contributed by atoms with Gasteiger partial charge in [-0.3, -0.25) is 9.59 Å². The van der Waals surface area contributed by atoms with Gasteiger partial charge in [0.25, 0.3) is 0 Å². The molecule has 2 heterocycles. The van der Waals surface area contributed by atoms with E-state index in [4.69, 9.17) is 23.7 Å². The van der Waals surface area contributed by atoms with Gasteiger partial charge in [0.2, 0.25) is 6.79 Å². The summed E-state index contributed by atoms with van der Waals surface area (Å²) in [5, 5.41) is 4.07. The summed E-state index contributed by atoms with van der Waals surface area (Å²) in [5.41, 5.74) is 3.77. The molecule has 1 aliphatic heterocycles. The molecule has 6 rings (SSSR count). The van der Waals surface area contributed by atoms with Gasteiger partial charge in [-0.15, -0.1) is 0 Å². The zero-order valence-corrected chi connectivity index (χ0v) is 24.5. The molecule has 4 aromatic rings. The topological polar surface area (TPSA) is 121 Å². The van der Waals surface area contributed by atoms with Crippen LogP contribution in [-0.4, -0.2) is 62.3 Å². The zero-order chi connectivity index (χ0) is 30.6. The van der Waals surface area contributed by atoms with Crippen molar-refractivity contribution in [3.05, 3.63) is 78.6 Å². The van der Waals surface area contributed by atoms with Crippen LogP contribution in [0, 0.1) is 0 Å². The summed E-state index contributed by atoms with van der Waals surface area (Å²) in [6, 6.07) is 14.9. The van der Waals surface area contributed by atoms with Gasteiger partial charge in [-0.25, -0.2) is 9.97 Å². The molecule has 0 amide bonds. The van der Waals surface area contributed by atoms with Crippen LogP contribution in [0.1, 0.15) is 12.5 Å². The second kappa shape index (κ2) is 12.4. The van der Waals surface area contributed by atoms with Gasteiger partial charge in [0.05, 0.1) is 19.2 Å². The van der Waals surface area contributed by atoms with E-state index in [2.05, 4.69) is 15.3 Å². The number of hydrogen-bond donors (Lipinski definition) is 1. The van der Waals surface area contributed by atoms with Crippen molar-refractivity contribution < 1.29 is 33.3 Å². The van der Waals surface area contributed by atoms with Crippen LogP contribution >= 0.6 is 0 Å². The van der Waals surface area contributed by atoms with Crippen LogP contribution in [0.3, 0.4) is 0 Å². The SMILES string of the molecule is CCN(c1ccc2c(c1)OCO2)c1ccc(Nc2ncnc3cc(OCCOC)c(OC)cc23)cc1C1=CC(=O)C=CC1=O. The van der Waals surface area contributed by atoms with E-state index in [1.54, 1.807) is 20.3 Å². The molecule has 0 radical (unpaired) electrons. The minimum atomic E-state index is -0.261. The largest absolute Gasteiger partial charge is 0.493 e. The van der Waals surface area contributed by atoms with Crippen LogP contribution in [-0.2, 0) is 14.3 Å². The Balaban J connectivity index is 1.41. The number of carbonyl (C=O) groups excluding carboxylic acids is 2. The molecule has 0 saturated heterocycles. The molecule has 0 atom stereocenters. The molecule has 1 aliphatic carbocycles. The number of nitrogens with one attached hydrogen (secondary N) is 1. The average molecular weight is 595 g/mol. The highest BCUT2D eigenvalue weighted by molar-refractivity contribution is 6.34. The van der Waals surface area contributed by atoms with Crippen LogP contribution in [0.15, 0.2) is 73.1 Å². The second-order valence-corrected chi connectivity index (χ2v) is 9.88. The first-order chi connectivity index (χ1) is 21.5. The first-order valence-corrected chi connectivity index (χ1v) is 14.0. The van der Waals surface area contributed by atoms with E-state index in [0.29, 0.717) is 76.3 Å². The van der Waals surface area contributed by atoms with Gasteiger partial charge in [-0.2, -0.15) is 0 Å². The lowest BCUT2D eigenvalue weighted by molar-refractivity contribution is -0.113. The first-order valence-electron chi connectivity index (χ1n) is 14.0. The van der Waals surface area contributed by atoms with E-state index < -0.39 is 0 Å². The van der Waals surface area contributed by atoms with E-state index in [-0.39, 0.29) is 18.4 Å².